The highest BCUT2D eigenvalue weighted by atomic mass is 32.1. The van der Waals surface area contributed by atoms with E-state index in [1.807, 2.05) is 44.2 Å². The number of aryl methyl sites for hydroxylation is 1. The molecule has 0 bridgehead atoms. The van der Waals surface area contributed by atoms with Crippen LogP contribution in [-0.4, -0.2) is 31.5 Å². The van der Waals surface area contributed by atoms with E-state index in [9.17, 15) is 9.90 Å². The van der Waals surface area contributed by atoms with Crippen molar-refractivity contribution in [2.45, 2.75) is 20.1 Å². The Morgan fingerprint density at radius 3 is 2.68 bits per heavy atom. The molecule has 1 aliphatic rings. The van der Waals surface area contributed by atoms with Gasteiger partial charge in [-0.05, 0) is 19.4 Å². The van der Waals surface area contributed by atoms with E-state index in [2.05, 4.69) is 15.1 Å². The Kier molecular flexibility index (Phi) is 3.52. The molecule has 3 heterocycles. The van der Waals surface area contributed by atoms with E-state index in [1.165, 1.54) is 16.0 Å². The van der Waals surface area contributed by atoms with E-state index >= 15 is 0 Å². The Bertz CT molecular complexity index is 1020. The second kappa shape index (κ2) is 5.61. The topological polar surface area (TPSA) is 106 Å². The van der Waals surface area contributed by atoms with Crippen LogP contribution in [0.15, 0.2) is 35.3 Å². The van der Waals surface area contributed by atoms with Crippen LogP contribution in [0, 0.1) is 13.8 Å². The molecule has 3 N–H and O–H groups in total. The quantitative estimate of drug-likeness (QED) is 0.733. The van der Waals surface area contributed by atoms with Crippen molar-refractivity contribution in [3.05, 3.63) is 63.5 Å². The van der Waals surface area contributed by atoms with E-state index in [0.717, 1.165) is 26.6 Å². The number of rotatable bonds is 2. The van der Waals surface area contributed by atoms with Crippen molar-refractivity contribution in [3.8, 4) is 5.00 Å². The lowest BCUT2D eigenvalue weighted by molar-refractivity contribution is 0.0990. The molecule has 1 amide bonds. The first kappa shape index (κ1) is 15.7. The van der Waals surface area contributed by atoms with Gasteiger partial charge in [-0.1, -0.05) is 30.3 Å². The third kappa shape index (κ3) is 2.38. The molecule has 1 aromatic carbocycles. The molecule has 0 saturated carbocycles. The molecule has 3 aromatic rings. The molecular weight excluding hydrogens is 338 g/mol. The summed E-state index contributed by atoms with van der Waals surface area (Å²) in [6.45, 7) is 4.02. The van der Waals surface area contributed by atoms with E-state index in [-0.39, 0.29) is 11.6 Å². The number of carbonyl (C=O) groups excluding carboxylic acids is 1. The smallest absolute Gasteiger partial charge is 0.288 e. The molecule has 0 aliphatic carbocycles. The van der Waals surface area contributed by atoms with Gasteiger partial charge in [-0.15, -0.1) is 16.4 Å². The van der Waals surface area contributed by atoms with Crippen LogP contribution in [0.5, 0.6) is 0 Å². The minimum atomic E-state index is -1.24. The summed E-state index contributed by atoms with van der Waals surface area (Å²) in [6.07, 6.45) is -1.24. The van der Waals surface area contributed by atoms with Crippen molar-refractivity contribution < 1.29 is 9.90 Å². The summed E-state index contributed by atoms with van der Waals surface area (Å²) >= 11 is 1.51. The van der Waals surface area contributed by atoms with Crippen molar-refractivity contribution >= 4 is 23.0 Å². The van der Waals surface area contributed by atoms with Gasteiger partial charge in [0, 0.05) is 16.0 Å². The number of nitrogens with two attached hydrogens (primary N) is 1. The number of nitrogens with zero attached hydrogens (tertiary/aromatic N) is 4. The number of aliphatic hydroxyl groups excluding tert-OH is 1. The summed E-state index contributed by atoms with van der Waals surface area (Å²) < 4.78 is 1.48. The highest BCUT2D eigenvalue weighted by molar-refractivity contribution is 7.15. The fourth-order valence-corrected chi connectivity index (χ4v) is 3.96. The number of benzene rings is 1. The average molecular weight is 353 g/mol. The summed E-state index contributed by atoms with van der Waals surface area (Å²) in [6, 6.07) is 9.66. The van der Waals surface area contributed by atoms with Crippen LogP contribution in [0.1, 0.15) is 44.2 Å². The second-order valence-electron chi connectivity index (χ2n) is 5.75. The highest BCUT2D eigenvalue weighted by Crippen LogP contribution is 2.37. The first-order valence-electron chi connectivity index (χ1n) is 7.66. The van der Waals surface area contributed by atoms with Crippen LogP contribution < -0.4 is 5.73 Å². The average Bonchev–Trinajstić information content (AvgIpc) is 3.13. The van der Waals surface area contributed by atoms with Crippen LogP contribution >= 0.6 is 11.3 Å². The number of carbonyl (C=O) groups is 1. The van der Waals surface area contributed by atoms with Gasteiger partial charge >= 0.3 is 0 Å². The molecule has 0 spiro atoms. The third-order valence-corrected chi connectivity index (χ3v) is 5.36. The lowest BCUT2D eigenvalue weighted by Gasteiger charge is -2.08. The summed E-state index contributed by atoms with van der Waals surface area (Å²) in [5.74, 6) is -0.698. The molecular formula is C17H15N5O2S. The molecule has 2 aromatic heterocycles. The molecule has 25 heavy (non-hydrogen) atoms. The fourth-order valence-electron chi connectivity index (χ4n) is 2.84. The fraction of sp³-hybridized carbons (Fsp3) is 0.176. The van der Waals surface area contributed by atoms with Gasteiger partial charge in [-0.3, -0.25) is 4.79 Å². The molecule has 0 radical (unpaired) electrons. The van der Waals surface area contributed by atoms with E-state index in [1.54, 1.807) is 0 Å². The Balaban J connectivity index is 2.03. The van der Waals surface area contributed by atoms with Gasteiger partial charge in [-0.2, -0.15) is 0 Å². The standard InChI is InChI=1S/C17H15N5O2S/c1-8-9(2)25-17-11(8)12(10-6-4-3-5-7-10)19-16(24)15-20-14(13(18)23)21-22(15)17/h3-7,16,24H,1-2H3,(H2,18,23). The van der Waals surface area contributed by atoms with Crippen LogP contribution in [0.3, 0.4) is 0 Å². The van der Waals surface area contributed by atoms with Crippen molar-refractivity contribution in [3.63, 3.8) is 0 Å². The predicted molar refractivity (Wildman–Crippen MR) is 94.3 cm³/mol. The molecule has 7 nitrogen and oxygen atoms in total. The van der Waals surface area contributed by atoms with Crippen molar-refractivity contribution in [2.75, 3.05) is 0 Å². The number of aromatic nitrogens is 3. The highest BCUT2D eigenvalue weighted by Gasteiger charge is 2.31. The summed E-state index contributed by atoms with van der Waals surface area (Å²) in [4.78, 5) is 21.1. The zero-order valence-electron chi connectivity index (χ0n) is 13.6. The monoisotopic (exact) mass is 353 g/mol. The maximum Gasteiger partial charge on any atom is 0.288 e. The van der Waals surface area contributed by atoms with Crippen LogP contribution in [0.25, 0.3) is 5.00 Å². The maximum atomic E-state index is 11.5. The Labute approximate surface area is 147 Å². The molecule has 1 unspecified atom stereocenters. The van der Waals surface area contributed by atoms with Gasteiger partial charge in [0.05, 0.1) is 5.71 Å². The summed E-state index contributed by atoms with van der Waals surface area (Å²) in [5.41, 5.74) is 8.80. The number of hydrogen-bond donors (Lipinski definition) is 2. The molecule has 4 rings (SSSR count). The van der Waals surface area contributed by atoms with Gasteiger partial charge in [0.2, 0.25) is 12.1 Å². The first-order chi connectivity index (χ1) is 12.0. The number of primary amides is 1. The zero-order valence-corrected chi connectivity index (χ0v) is 14.4. The molecule has 126 valence electrons. The number of thiophene rings is 1. The maximum absolute atomic E-state index is 11.5. The SMILES string of the molecule is Cc1sc2c(c1C)C(c1ccccc1)=NC(O)c1nc(C(N)=O)nn1-2. The van der Waals surface area contributed by atoms with Gasteiger partial charge in [0.25, 0.3) is 5.91 Å². The molecule has 8 heteroatoms. The zero-order chi connectivity index (χ0) is 17.7. The number of aliphatic hydroxyl groups is 1. The molecule has 1 atom stereocenters. The normalized spacial score (nSPS) is 16.0. The van der Waals surface area contributed by atoms with E-state index in [0.29, 0.717) is 5.71 Å². The van der Waals surface area contributed by atoms with Crippen LogP contribution in [-0.2, 0) is 0 Å². The predicted octanol–water partition coefficient (Wildman–Crippen LogP) is 1.89. The van der Waals surface area contributed by atoms with E-state index < -0.39 is 12.1 Å². The van der Waals surface area contributed by atoms with Crippen molar-refractivity contribution in [2.24, 2.45) is 10.7 Å². The van der Waals surface area contributed by atoms with Crippen LogP contribution in [0.4, 0.5) is 0 Å². The Morgan fingerprint density at radius 1 is 1.28 bits per heavy atom. The second-order valence-corrected chi connectivity index (χ2v) is 6.95. The lowest BCUT2D eigenvalue weighted by atomic mass is 10.00. The van der Waals surface area contributed by atoms with Gasteiger partial charge < -0.3 is 10.8 Å². The third-order valence-electron chi connectivity index (χ3n) is 4.18. The minimum Gasteiger partial charge on any atom is -0.365 e. The van der Waals surface area contributed by atoms with E-state index in [4.69, 9.17) is 5.73 Å². The Hall–Kier alpha value is -2.84. The van der Waals surface area contributed by atoms with Crippen LogP contribution in [0.2, 0.25) is 0 Å². The van der Waals surface area contributed by atoms with Crippen molar-refractivity contribution in [1.82, 2.24) is 14.8 Å². The number of aliphatic imine (C=N–C) groups is 1. The minimum absolute atomic E-state index is 0.137. The van der Waals surface area contributed by atoms with Crippen molar-refractivity contribution in [1.29, 1.82) is 0 Å². The first-order valence-corrected chi connectivity index (χ1v) is 8.47. The summed E-state index contributed by atoms with van der Waals surface area (Å²) in [7, 11) is 0. The Morgan fingerprint density at radius 2 is 2.00 bits per heavy atom. The lowest BCUT2D eigenvalue weighted by Crippen LogP contribution is -2.14. The number of amides is 1. The molecule has 0 saturated heterocycles. The number of hydrogen-bond acceptors (Lipinski definition) is 6. The van der Waals surface area contributed by atoms with Gasteiger partial charge in [-0.25, -0.2) is 14.7 Å². The number of fused-ring (bicyclic) bond motifs is 3. The molecule has 0 fully saturated rings. The summed E-state index contributed by atoms with van der Waals surface area (Å²) in [5, 5.41) is 15.5. The molecule has 1 aliphatic heterocycles. The van der Waals surface area contributed by atoms with Gasteiger partial charge in [0.1, 0.15) is 5.00 Å². The van der Waals surface area contributed by atoms with Gasteiger partial charge in [0.15, 0.2) is 5.82 Å². The largest absolute Gasteiger partial charge is 0.365 e.